The van der Waals surface area contributed by atoms with Gasteiger partial charge in [-0.25, -0.2) is 4.68 Å². The van der Waals surface area contributed by atoms with Gasteiger partial charge in [0.2, 0.25) is 0 Å². The summed E-state index contributed by atoms with van der Waals surface area (Å²) < 4.78 is 1.20. The number of para-hydroxylation sites is 1. The van der Waals surface area contributed by atoms with Crippen LogP contribution in [0, 0.1) is 11.3 Å². The van der Waals surface area contributed by atoms with Gasteiger partial charge in [-0.05, 0) is 25.1 Å². The summed E-state index contributed by atoms with van der Waals surface area (Å²) in [6.45, 7) is 2.15. The molecule has 1 amide bonds. The van der Waals surface area contributed by atoms with Crippen LogP contribution in [-0.4, -0.2) is 15.7 Å². The third-order valence-electron chi connectivity index (χ3n) is 2.69. The van der Waals surface area contributed by atoms with Crippen LogP contribution in [0.3, 0.4) is 0 Å². The van der Waals surface area contributed by atoms with E-state index in [0.29, 0.717) is 17.8 Å². The molecule has 1 N–H and O–H groups in total. The molecule has 1 aromatic carbocycles. The third-order valence-corrected chi connectivity index (χ3v) is 2.69. The van der Waals surface area contributed by atoms with Crippen molar-refractivity contribution < 1.29 is 4.79 Å². The third kappa shape index (κ3) is 2.72. The first-order valence-corrected chi connectivity index (χ1v) is 6.04. The summed E-state index contributed by atoms with van der Waals surface area (Å²) in [5.41, 5.74) is 0.640. The lowest BCUT2D eigenvalue weighted by molar-refractivity contribution is 0.102. The Morgan fingerprint density at radius 1 is 1.35 bits per heavy atom. The molecule has 0 unspecified atom stereocenters. The van der Waals surface area contributed by atoms with E-state index in [4.69, 9.17) is 5.26 Å². The summed E-state index contributed by atoms with van der Waals surface area (Å²) in [5.74, 6) is -0.463. The second kappa shape index (κ2) is 5.80. The number of aryl methyl sites for hydroxylation is 1. The lowest BCUT2D eigenvalue weighted by Crippen LogP contribution is -2.25. The molecule has 2 aromatic rings. The number of nitrogens with zero attached hydrogens (tertiary/aromatic N) is 3. The van der Waals surface area contributed by atoms with Gasteiger partial charge in [0, 0.05) is 12.6 Å². The Kier molecular flexibility index (Phi) is 3.91. The van der Waals surface area contributed by atoms with Crippen LogP contribution in [0.2, 0.25) is 0 Å². The summed E-state index contributed by atoms with van der Waals surface area (Å²) in [7, 11) is 0. The number of nitriles is 1. The molecule has 1 heterocycles. The molecule has 0 fully saturated rings. The maximum atomic E-state index is 12.1. The van der Waals surface area contributed by atoms with Crippen LogP contribution in [0.4, 0.5) is 5.69 Å². The van der Waals surface area contributed by atoms with Gasteiger partial charge in [-0.15, -0.1) is 0 Å². The first kappa shape index (κ1) is 13.5. The van der Waals surface area contributed by atoms with E-state index in [9.17, 15) is 9.59 Å². The molecule has 6 heteroatoms. The molecule has 0 spiro atoms. The SMILES string of the molecule is CCn1nc(C(=O)Nc2ccccc2C#N)ccc1=O. The van der Waals surface area contributed by atoms with Crippen molar-refractivity contribution >= 4 is 11.6 Å². The predicted molar refractivity (Wildman–Crippen MR) is 73.3 cm³/mol. The average Bonchev–Trinajstić information content (AvgIpc) is 2.48. The van der Waals surface area contributed by atoms with Crippen LogP contribution < -0.4 is 10.9 Å². The van der Waals surface area contributed by atoms with Crippen molar-refractivity contribution in [2.24, 2.45) is 0 Å². The summed E-state index contributed by atoms with van der Waals surface area (Å²) in [4.78, 5) is 23.5. The minimum atomic E-state index is -0.463. The minimum Gasteiger partial charge on any atom is -0.319 e. The van der Waals surface area contributed by atoms with Gasteiger partial charge < -0.3 is 5.32 Å². The van der Waals surface area contributed by atoms with Gasteiger partial charge >= 0.3 is 0 Å². The van der Waals surface area contributed by atoms with E-state index in [1.807, 2.05) is 6.07 Å². The quantitative estimate of drug-likeness (QED) is 0.911. The molecular formula is C14H12N4O2. The molecule has 1 aromatic heterocycles. The molecule has 0 bridgehead atoms. The Hall–Kier alpha value is -2.94. The Morgan fingerprint density at radius 2 is 2.10 bits per heavy atom. The van der Waals surface area contributed by atoms with Gasteiger partial charge in [0.15, 0.2) is 0 Å². The van der Waals surface area contributed by atoms with Gasteiger partial charge in [0.25, 0.3) is 11.5 Å². The van der Waals surface area contributed by atoms with Gasteiger partial charge in [0.1, 0.15) is 11.8 Å². The van der Waals surface area contributed by atoms with Crippen molar-refractivity contribution in [2.75, 3.05) is 5.32 Å². The number of amides is 1. The largest absolute Gasteiger partial charge is 0.319 e. The van der Waals surface area contributed by atoms with Crippen molar-refractivity contribution in [1.82, 2.24) is 9.78 Å². The number of rotatable bonds is 3. The summed E-state index contributed by atoms with van der Waals surface area (Å²) >= 11 is 0. The van der Waals surface area contributed by atoms with Crippen LogP contribution in [-0.2, 0) is 6.54 Å². The van der Waals surface area contributed by atoms with Crippen molar-refractivity contribution in [1.29, 1.82) is 5.26 Å². The molecule has 6 nitrogen and oxygen atoms in total. The first-order valence-electron chi connectivity index (χ1n) is 6.04. The summed E-state index contributed by atoms with van der Waals surface area (Å²) in [6, 6.07) is 11.3. The fourth-order valence-corrected chi connectivity index (χ4v) is 1.67. The monoisotopic (exact) mass is 268 g/mol. The highest BCUT2D eigenvalue weighted by molar-refractivity contribution is 6.03. The van der Waals surface area contributed by atoms with Crippen molar-refractivity contribution in [3.63, 3.8) is 0 Å². The molecule has 20 heavy (non-hydrogen) atoms. The van der Waals surface area contributed by atoms with Gasteiger partial charge in [-0.3, -0.25) is 9.59 Å². The second-order valence-electron chi connectivity index (χ2n) is 3.98. The van der Waals surface area contributed by atoms with Gasteiger partial charge in [0.05, 0.1) is 11.3 Å². The normalized spacial score (nSPS) is 9.80. The topological polar surface area (TPSA) is 87.8 Å². The Morgan fingerprint density at radius 3 is 2.80 bits per heavy atom. The van der Waals surface area contributed by atoms with Crippen LogP contribution in [0.15, 0.2) is 41.2 Å². The minimum absolute atomic E-state index is 0.124. The summed E-state index contributed by atoms with van der Waals surface area (Å²) in [6.07, 6.45) is 0. The standard InChI is InChI=1S/C14H12N4O2/c1-2-18-13(19)8-7-12(17-18)14(20)16-11-6-4-3-5-10(11)9-15/h3-8H,2H2,1H3,(H,16,20). The highest BCUT2D eigenvalue weighted by Crippen LogP contribution is 2.14. The molecule has 100 valence electrons. The van der Waals surface area contributed by atoms with E-state index in [1.165, 1.54) is 16.8 Å². The number of aromatic nitrogens is 2. The lowest BCUT2D eigenvalue weighted by Gasteiger charge is -2.07. The number of anilines is 1. The highest BCUT2D eigenvalue weighted by Gasteiger charge is 2.11. The van der Waals surface area contributed by atoms with Crippen LogP contribution in [0.1, 0.15) is 23.0 Å². The van der Waals surface area contributed by atoms with Crippen molar-refractivity contribution in [3.8, 4) is 6.07 Å². The molecule has 0 aliphatic carbocycles. The second-order valence-corrected chi connectivity index (χ2v) is 3.98. The maximum Gasteiger partial charge on any atom is 0.276 e. The molecule has 2 rings (SSSR count). The van der Waals surface area contributed by atoms with E-state index in [1.54, 1.807) is 31.2 Å². The number of carbonyl (C=O) groups is 1. The summed E-state index contributed by atoms with van der Waals surface area (Å²) in [5, 5.41) is 15.5. The van der Waals surface area contributed by atoms with Gasteiger partial charge in [-0.1, -0.05) is 12.1 Å². The van der Waals surface area contributed by atoms with Crippen molar-refractivity contribution in [3.05, 3.63) is 58.0 Å². The number of benzene rings is 1. The van der Waals surface area contributed by atoms with E-state index in [2.05, 4.69) is 10.4 Å². The van der Waals surface area contributed by atoms with Crippen LogP contribution in [0.25, 0.3) is 0 Å². The Bertz CT molecular complexity index is 743. The Labute approximate surface area is 115 Å². The molecule has 0 saturated heterocycles. The highest BCUT2D eigenvalue weighted by atomic mass is 16.2. The van der Waals surface area contributed by atoms with Gasteiger partial charge in [-0.2, -0.15) is 10.4 Å². The fourth-order valence-electron chi connectivity index (χ4n) is 1.67. The van der Waals surface area contributed by atoms with E-state index >= 15 is 0 Å². The number of carbonyl (C=O) groups excluding carboxylic acids is 1. The predicted octanol–water partition coefficient (Wildman–Crippen LogP) is 1.39. The van der Waals surface area contributed by atoms with E-state index < -0.39 is 5.91 Å². The number of hydrogen-bond donors (Lipinski definition) is 1. The molecule has 0 aliphatic heterocycles. The first-order chi connectivity index (χ1) is 9.65. The molecule has 0 aliphatic rings. The van der Waals surface area contributed by atoms with E-state index in [0.717, 1.165) is 0 Å². The van der Waals surface area contributed by atoms with Crippen LogP contribution >= 0.6 is 0 Å². The van der Waals surface area contributed by atoms with E-state index in [-0.39, 0.29) is 11.3 Å². The smallest absolute Gasteiger partial charge is 0.276 e. The Balaban J connectivity index is 2.29. The van der Waals surface area contributed by atoms with Crippen molar-refractivity contribution in [2.45, 2.75) is 13.5 Å². The average molecular weight is 268 g/mol. The zero-order valence-corrected chi connectivity index (χ0v) is 10.8. The zero-order valence-electron chi connectivity index (χ0n) is 10.8. The maximum absolute atomic E-state index is 12.1. The molecular weight excluding hydrogens is 256 g/mol. The van der Waals surface area contributed by atoms with Crippen LogP contribution in [0.5, 0.6) is 0 Å². The fraction of sp³-hybridized carbons (Fsp3) is 0.143. The number of hydrogen-bond acceptors (Lipinski definition) is 4. The molecule has 0 atom stereocenters. The number of nitrogens with one attached hydrogen (secondary N) is 1. The zero-order chi connectivity index (χ0) is 14.5. The molecule has 0 radical (unpaired) electrons. The molecule has 0 saturated carbocycles. The lowest BCUT2D eigenvalue weighted by atomic mass is 10.2.